The van der Waals surface area contributed by atoms with Gasteiger partial charge in [-0.25, -0.2) is 9.78 Å². The standard InChI is InChI=1S/C23H22N6O3/c1-29-9-7-19-21(29)22(26-13-25-19)32-17-4-5-18(20(30)11-17)28-23(31)27-16-3-2-14-6-8-24-12-15(14)10-16/h2-5,7,9-11,13,24,30H,6,8,12H2,1H3,(H2,27,28,31). The predicted molar refractivity (Wildman–Crippen MR) is 121 cm³/mol. The quantitative estimate of drug-likeness (QED) is 0.367. The molecule has 0 fully saturated rings. The van der Waals surface area contributed by atoms with Gasteiger partial charge in [-0.15, -0.1) is 0 Å². The number of urea groups is 1. The van der Waals surface area contributed by atoms with Gasteiger partial charge in [-0.2, -0.15) is 4.98 Å². The third-order valence-corrected chi connectivity index (χ3v) is 5.41. The van der Waals surface area contributed by atoms with E-state index >= 15 is 0 Å². The first-order valence-corrected chi connectivity index (χ1v) is 10.2. The zero-order valence-corrected chi connectivity index (χ0v) is 17.4. The van der Waals surface area contributed by atoms with Crippen LogP contribution in [-0.4, -0.2) is 32.2 Å². The molecular weight excluding hydrogens is 408 g/mol. The number of benzene rings is 2. The van der Waals surface area contributed by atoms with E-state index in [1.165, 1.54) is 23.5 Å². The normalized spacial score (nSPS) is 12.9. The van der Waals surface area contributed by atoms with Gasteiger partial charge in [0.2, 0.25) is 5.88 Å². The Bertz CT molecular complexity index is 1320. The van der Waals surface area contributed by atoms with E-state index in [2.05, 4.69) is 25.9 Å². The molecule has 4 N–H and O–H groups in total. The van der Waals surface area contributed by atoms with Gasteiger partial charge in [0.15, 0.2) is 0 Å². The molecule has 3 heterocycles. The van der Waals surface area contributed by atoms with Crippen LogP contribution >= 0.6 is 0 Å². The molecule has 5 rings (SSSR count). The molecule has 0 unspecified atom stereocenters. The van der Waals surface area contributed by atoms with E-state index < -0.39 is 6.03 Å². The Labute approximate surface area is 184 Å². The first kappa shape index (κ1) is 19.8. The summed E-state index contributed by atoms with van der Waals surface area (Å²) >= 11 is 0. The van der Waals surface area contributed by atoms with Gasteiger partial charge in [0.1, 0.15) is 23.3 Å². The summed E-state index contributed by atoms with van der Waals surface area (Å²) in [7, 11) is 1.88. The van der Waals surface area contributed by atoms with Crippen molar-refractivity contribution in [3.8, 4) is 17.4 Å². The lowest BCUT2D eigenvalue weighted by Crippen LogP contribution is -2.24. The number of rotatable bonds is 4. The highest BCUT2D eigenvalue weighted by Gasteiger charge is 2.13. The maximum atomic E-state index is 12.4. The summed E-state index contributed by atoms with van der Waals surface area (Å²) in [6.07, 6.45) is 4.28. The molecule has 2 aromatic heterocycles. The minimum Gasteiger partial charge on any atom is -0.506 e. The number of aryl methyl sites for hydroxylation is 1. The number of aromatic nitrogens is 3. The van der Waals surface area contributed by atoms with Gasteiger partial charge in [0.25, 0.3) is 0 Å². The van der Waals surface area contributed by atoms with E-state index in [-0.39, 0.29) is 11.4 Å². The lowest BCUT2D eigenvalue weighted by atomic mass is 10.0. The molecular formula is C23H22N6O3. The molecule has 9 nitrogen and oxygen atoms in total. The van der Waals surface area contributed by atoms with Crippen LogP contribution in [0.1, 0.15) is 11.1 Å². The van der Waals surface area contributed by atoms with Crippen LogP contribution in [0, 0.1) is 0 Å². The summed E-state index contributed by atoms with van der Waals surface area (Å²) in [4.78, 5) is 20.8. The summed E-state index contributed by atoms with van der Waals surface area (Å²) < 4.78 is 7.72. The molecule has 0 radical (unpaired) electrons. The molecule has 1 aliphatic rings. The third-order valence-electron chi connectivity index (χ3n) is 5.41. The van der Waals surface area contributed by atoms with Gasteiger partial charge in [0.05, 0.1) is 11.2 Å². The average Bonchev–Trinajstić information content (AvgIpc) is 3.17. The van der Waals surface area contributed by atoms with E-state index in [0.717, 1.165) is 30.5 Å². The maximum absolute atomic E-state index is 12.4. The fourth-order valence-corrected chi connectivity index (χ4v) is 3.80. The number of carbonyl (C=O) groups excluding carboxylic acids is 1. The Kier molecular flexibility index (Phi) is 5.08. The monoisotopic (exact) mass is 430 g/mol. The van der Waals surface area contributed by atoms with Crippen molar-refractivity contribution >= 4 is 28.4 Å². The van der Waals surface area contributed by atoms with Gasteiger partial charge in [0, 0.05) is 31.5 Å². The molecule has 1 aliphatic heterocycles. The second-order valence-electron chi connectivity index (χ2n) is 7.61. The number of carbonyl (C=O) groups is 1. The Balaban J connectivity index is 1.28. The number of anilines is 2. The molecule has 0 bridgehead atoms. The van der Waals surface area contributed by atoms with E-state index in [9.17, 15) is 9.90 Å². The minimum absolute atomic E-state index is 0.121. The summed E-state index contributed by atoms with van der Waals surface area (Å²) in [5, 5.41) is 19.2. The largest absolute Gasteiger partial charge is 0.506 e. The first-order valence-electron chi connectivity index (χ1n) is 10.2. The molecule has 2 aromatic carbocycles. The second kappa shape index (κ2) is 8.20. The van der Waals surface area contributed by atoms with Crippen molar-refractivity contribution in [1.82, 2.24) is 19.9 Å². The Morgan fingerprint density at radius 3 is 2.91 bits per heavy atom. The van der Waals surface area contributed by atoms with E-state index in [1.54, 1.807) is 12.1 Å². The van der Waals surface area contributed by atoms with E-state index in [4.69, 9.17) is 4.74 Å². The number of hydrogen-bond acceptors (Lipinski definition) is 6. The molecule has 162 valence electrons. The number of ether oxygens (including phenoxy) is 1. The number of aromatic hydroxyl groups is 1. The SMILES string of the molecule is Cn1ccc2ncnc(Oc3ccc(NC(=O)Nc4ccc5c(c4)CNCC5)c(O)c3)c21. The van der Waals surface area contributed by atoms with Gasteiger partial charge in [-0.05, 0) is 54.4 Å². The van der Waals surface area contributed by atoms with Crippen LogP contribution in [0.4, 0.5) is 16.2 Å². The number of amides is 2. The van der Waals surface area contributed by atoms with E-state index in [1.807, 2.05) is 42.1 Å². The van der Waals surface area contributed by atoms with Crippen molar-refractivity contribution in [3.63, 3.8) is 0 Å². The molecule has 0 spiro atoms. The van der Waals surface area contributed by atoms with Gasteiger partial charge in [-0.3, -0.25) is 0 Å². The van der Waals surface area contributed by atoms with Crippen LogP contribution in [0.3, 0.4) is 0 Å². The summed E-state index contributed by atoms with van der Waals surface area (Å²) in [6.45, 7) is 1.75. The van der Waals surface area contributed by atoms with Crippen LogP contribution in [0.2, 0.25) is 0 Å². The van der Waals surface area contributed by atoms with Crippen molar-refractivity contribution in [1.29, 1.82) is 0 Å². The zero-order chi connectivity index (χ0) is 22.1. The Morgan fingerprint density at radius 1 is 1.12 bits per heavy atom. The first-order chi connectivity index (χ1) is 15.6. The van der Waals surface area contributed by atoms with E-state index in [0.29, 0.717) is 17.3 Å². The highest BCUT2D eigenvalue weighted by molar-refractivity contribution is 6.00. The van der Waals surface area contributed by atoms with Crippen LogP contribution in [-0.2, 0) is 20.0 Å². The van der Waals surface area contributed by atoms with Gasteiger partial charge < -0.3 is 30.4 Å². The molecule has 4 aromatic rings. The van der Waals surface area contributed by atoms with Crippen molar-refractivity contribution in [2.75, 3.05) is 17.2 Å². The number of nitrogens with zero attached hydrogens (tertiary/aromatic N) is 3. The fraction of sp³-hybridized carbons (Fsp3) is 0.174. The molecule has 0 saturated heterocycles. The summed E-state index contributed by atoms with van der Waals surface area (Å²) in [5.41, 5.74) is 4.93. The van der Waals surface area contributed by atoms with Gasteiger partial charge >= 0.3 is 6.03 Å². The number of nitrogens with one attached hydrogen (secondary N) is 3. The predicted octanol–water partition coefficient (Wildman–Crippen LogP) is 3.76. The highest BCUT2D eigenvalue weighted by Crippen LogP contribution is 2.32. The summed E-state index contributed by atoms with van der Waals surface area (Å²) in [6, 6.07) is 12.0. The smallest absolute Gasteiger partial charge is 0.323 e. The van der Waals surface area contributed by atoms with Crippen molar-refractivity contribution in [3.05, 3.63) is 66.1 Å². The maximum Gasteiger partial charge on any atom is 0.323 e. The Morgan fingerprint density at radius 2 is 2.03 bits per heavy atom. The number of phenols is 1. The number of fused-ring (bicyclic) bond motifs is 2. The van der Waals surface area contributed by atoms with Crippen LogP contribution in [0.15, 0.2) is 55.0 Å². The minimum atomic E-state index is -0.445. The second-order valence-corrected chi connectivity index (χ2v) is 7.61. The highest BCUT2D eigenvalue weighted by atomic mass is 16.5. The van der Waals surface area contributed by atoms with Crippen LogP contribution in [0.25, 0.3) is 11.0 Å². The molecule has 9 heteroatoms. The molecule has 0 atom stereocenters. The summed E-state index contributed by atoms with van der Waals surface area (Å²) in [5.74, 6) is 0.642. The van der Waals surface area contributed by atoms with Crippen molar-refractivity contribution < 1.29 is 14.6 Å². The topological polar surface area (TPSA) is 113 Å². The van der Waals surface area contributed by atoms with Crippen molar-refractivity contribution in [2.24, 2.45) is 7.05 Å². The molecule has 0 saturated carbocycles. The molecule has 2 amide bonds. The fourth-order valence-electron chi connectivity index (χ4n) is 3.80. The average molecular weight is 430 g/mol. The number of phenolic OH excluding ortho intramolecular Hbond substituents is 1. The van der Waals surface area contributed by atoms with Gasteiger partial charge in [-0.1, -0.05) is 6.07 Å². The van der Waals surface area contributed by atoms with Crippen LogP contribution in [0.5, 0.6) is 17.4 Å². The molecule has 0 aliphatic carbocycles. The molecule has 32 heavy (non-hydrogen) atoms. The zero-order valence-electron chi connectivity index (χ0n) is 17.4. The van der Waals surface area contributed by atoms with Crippen molar-refractivity contribution in [2.45, 2.75) is 13.0 Å². The lowest BCUT2D eigenvalue weighted by molar-refractivity contribution is 0.262. The Hall–Kier alpha value is -4.11. The number of hydrogen-bond donors (Lipinski definition) is 4. The van der Waals surface area contributed by atoms with Crippen LogP contribution < -0.4 is 20.7 Å². The lowest BCUT2D eigenvalue weighted by Gasteiger charge is -2.18. The third kappa shape index (κ3) is 3.93.